The lowest BCUT2D eigenvalue weighted by atomic mass is 9.99. The van der Waals surface area contributed by atoms with Gasteiger partial charge in [-0.05, 0) is 12.8 Å². The van der Waals surface area contributed by atoms with E-state index in [4.69, 9.17) is 0 Å². The zero-order valence-electron chi connectivity index (χ0n) is 24.7. The fraction of sp³-hybridized carbons (Fsp3) is 0.909. The lowest BCUT2D eigenvalue weighted by Crippen LogP contribution is -2.07. The van der Waals surface area contributed by atoms with Crippen LogP contribution >= 0.6 is 17.0 Å². The molecular weight excluding hydrogens is 504 g/mol. The number of rotatable bonds is 28. The molecule has 36 heavy (non-hydrogen) atoms. The summed E-state index contributed by atoms with van der Waals surface area (Å²) in [5.74, 6) is 0. The molecular formula is C33H65BrN2. The van der Waals surface area contributed by atoms with Crippen molar-refractivity contribution in [1.29, 1.82) is 0 Å². The number of nitrogens with zero attached hydrogens (tertiary/aromatic N) is 2. The molecule has 1 atom stereocenters. The van der Waals surface area contributed by atoms with Crippen molar-refractivity contribution in [2.75, 3.05) is 0 Å². The third kappa shape index (κ3) is 22.9. The molecule has 1 unspecified atom stereocenters. The van der Waals surface area contributed by atoms with Gasteiger partial charge in [-0.3, -0.25) is 0 Å². The van der Waals surface area contributed by atoms with E-state index >= 15 is 0 Å². The highest BCUT2D eigenvalue weighted by Crippen LogP contribution is 2.24. The molecule has 0 saturated heterocycles. The maximum Gasteiger partial charge on any atom is 0.0948 e. The van der Waals surface area contributed by atoms with Crippen molar-refractivity contribution >= 4 is 17.0 Å². The summed E-state index contributed by atoms with van der Waals surface area (Å²) >= 11 is 0. The van der Waals surface area contributed by atoms with Gasteiger partial charge in [0.1, 0.15) is 0 Å². The molecule has 214 valence electrons. The van der Waals surface area contributed by atoms with Gasteiger partial charge in [0.15, 0.2) is 0 Å². The molecule has 1 rings (SSSR count). The van der Waals surface area contributed by atoms with Crippen LogP contribution in [-0.4, -0.2) is 9.55 Å². The van der Waals surface area contributed by atoms with E-state index in [9.17, 15) is 0 Å². The largest absolute Gasteiger partial charge is 0.334 e. The third-order valence-corrected chi connectivity index (χ3v) is 7.98. The summed E-state index contributed by atoms with van der Waals surface area (Å²) in [6, 6.07) is 0.674. The maximum atomic E-state index is 4.33. The van der Waals surface area contributed by atoms with E-state index in [1.165, 1.54) is 173 Å². The zero-order valence-corrected chi connectivity index (χ0v) is 26.4. The van der Waals surface area contributed by atoms with Crippen LogP contribution in [0, 0.1) is 0 Å². The Balaban J connectivity index is 0.0000122. The number of unbranched alkanes of at least 4 members (excludes halogenated alkanes) is 23. The summed E-state index contributed by atoms with van der Waals surface area (Å²) in [6.45, 7) is 4.61. The van der Waals surface area contributed by atoms with E-state index in [0.717, 1.165) is 0 Å². The monoisotopic (exact) mass is 568 g/mol. The second-order valence-corrected chi connectivity index (χ2v) is 11.4. The fourth-order valence-corrected chi connectivity index (χ4v) is 5.55. The first-order chi connectivity index (χ1) is 17.4. The van der Waals surface area contributed by atoms with Crippen molar-refractivity contribution in [3.8, 4) is 0 Å². The second-order valence-electron chi connectivity index (χ2n) is 11.4. The van der Waals surface area contributed by atoms with E-state index in [0.29, 0.717) is 6.04 Å². The Bertz CT molecular complexity index is 502. The number of imidazole rings is 1. The van der Waals surface area contributed by atoms with Crippen molar-refractivity contribution in [2.45, 2.75) is 193 Å². The standard InChI is InChI=1S/C33H64N2.BrH/c1-3-5-7-9-11-13-15-17-19-21-23-25-27-29-33(35-31-30-34-32-35)28-26-24-22-20-18-16-14-12-10-8-6-4-2;/h30-33H,3-29H2,1-2H3;1H. The molecule has 0 spiro atoms. The van der Waals surface area contributed by atoms with Crippen molar-refractivity contribution in [1.82, 2.24) is 9.55 Å². The number of hydrogen-bond acceptors (Lipinski definition) is 1. The summed E-state index contributed by atoms with van der Waals surface area (Å²) in [6.07, 6.45) is 44.8. The number of hydrogen-bond donors (Lipinski definition) is 0. The smallest absolute Gasteiger partial charge is 0.0948 e. The summed E-state index contributed by atoms with van der Waals surface area (Å²) in [7, 11) is 0. The highest BCUT2D eigenvalue weighted by atomic mass is 79.9. The molecule has 1 aromatic rings. The number of halogens is 1. The Hall–Kier alpha value is -0.310. The molecule has 0 amide bonds. The Morgan fingerprint density at radius 1 is 0.472 bits per heavy atom. The molecule has 0 N–H and O–H groups in total. The Morgan fingerprint density at radius 3 is 1.06 bits per heavy atom. The van der Waals surface area contributed by atoms with E-state index in [1.807, 2.05) is 12.5 Å². The predicted octanol–water partition coefficient (Wildman–Crippen LogP) is 12.6. The van der Waals surface area contributed by atoms with E-state index in [2.05, 4.69) is 29.6 Å². The van der Waals surface area contributed by atoms with Gasteiger partial charge in [0.25, 0.3) is 0 Å². The lowest BCUT2D eigenvalue weighted by Gasteiger charge is -2.18. The molecule has 0 aliphatic heterocycles. The van der Waals surface area contributed by atoms with Crippen LogP contribution < -0.4 is 0 Å². The van der Waals surface area contributed by atoms with Crippen molar-refractivity contribution < 1.29 is 0 Å². The molecule has 0 fully saturated rings. The summed E-state index contributed by atoms with van der Waals surface area (Å²) < 4.78 is 2.39. The molecule has 0 aliphatic carbocycles. The molecule has 1 aromatic heterocycles. The minimum Gasteiger partial charge on any atom is -0.334 e. The van der Waals surface area contributed by atoms with E-state index < -0.39 is 0 Å². The van der Waals surface area contributed by atoms with E-state index in [1.54, 1.807) is 0 Å². The minimum absolute atomic E-state index is 0. The maximum absolute atomic E-state index is 4.33. The van der Waals surface area contributed by atoms with Gasteiger partial charge < -0.3 is 4.57 Å². The summed E-state index contributed by atoms with van der Waals surface area (Å²) in [4.78, 5) is 4.33. The first kappa shape index (κ1) is 35.7. The topological polar surface area (TPSA) is 17.8 Å². The quantitative estimate of drug-likeness (QED) is 0.0918. The Kier molecular flexibility index (Phi) is 29.0. The van der Waals surface area contributed by atoms with Gasteiger partial charge in [-0.25, -0.2) is 4.98 Å². The van der Waals surface area contributed by atoms with Gasteiger partial charge in [-0.15, -0.1) is 17.0 Å². The summed E-state index contributed by atoms with van der Waals surface area (Å²) in [5, 5.41) is 0. The normalized spacial score (nSPS) is 12.1. The van der Waals surface area contributed by atoms with Gasteiger partial charge >= 0.3 is 0 Å². The minimum atomic E-state index is 0. The van der Waals surface area contributed by atoms with Crippen LogP contribution in [0.25, 0.3) is 0 Å². The van der Waals surface area contributed by atoms with Gasteiger partial charge in [-0.2, -0.15) is 0 Å². The molecule has 0 aliphatic rings. The molecule has 1 heterocycles. The zero-order chi connectivity index (χ0) is 25.1. The van der Waals surface area contributed by atoms with Crippen molar-refractivity contribution in [3.63, 3.8) is 0 Å². The molecule has 0 bridgehead atoms. The van der Waals surface area contributed by atoms with Crippen molar-refractivity contribution in [2.24, 2.45) is 0 Å². The second kappa shape index (κ2) is 29.2. The molecule has 3 heteroatoms. The van der Waals surface area contributed by atoms with Crippen LogP contribution in [0.2, 0.25) is 0 Å². The van der Waals surface area contributed by atoms with Gasteiger partial charge in [0.2, 0.25) is 0 Å². The highest BCUT2D eigenvalue weighted by molar-refractivity contribution is 8.93. The summed E-state index contributed by atoms with van der Waals surface area (Å²) in [5.41, 5.74) is 0. The first-order valence-corrected chi connectivity index (χ1v) is 16.4. The van der Waals surface area contributed by atoms with Crippen LogP contribution in [-0.2, 0) is 0 Å². The lowest BCUT2D eigenvalue weighted by molar-refractivity contribution is 0.393. The molecule has 2 nitrogen and oxygen atoms in total. The van der Waals surface area contributed by atoms with Crippen LogP contribution in [0.5, 0.6) is 0 Å². The van der Waals surface area contributed by atoms with Crippen molar-refractivity contribution in [3.05, 3.63) is 18.7 Å². The van der Waals surface area contributed by atoms with Crippen LogP contribution in [0.4, 0.5) is 0 Å². The van der Waals surface area contributed by atoms with Gasteiger partial charge in [-0.1, -0.05) is 174 Å². The Labute approximate surface area is 238 Å². The van der Waals surface area contributed by atoms with Crippen LogP contribution in [0.3, 0.4) is 0 Å². The van der Waals surface area contributed by atoms with Gasteiger partial charge in [0, 0.05) is 18.4 Å². The SMILES string of the molecule is Br.CCCCCCCCCCCCCCCC(CCCCCCCCCCCCCC)n1ccnc1. The van der Waals surface area contributed by atoms with Crippen LogP contribution in [0.1, 0.15) is 193 Å². The van der Waals surface area contributed by atoms with Gasteiger partial charge in [0.05, 0.1) is 6.33 Å². The average molecular weight is 570 g/mol. The van der Waals surface area contributed by atoms with Crippen LogP contribution in [0.15, 0.2) is 18.7 Å². The molecule has 0 saturated carbocycles. The third-order valence-electron chi connectivity index (χ3n) is 7.98. The fourth-order valence-electron chi connectivity index (χ4n) is 5.55. The average Bonchev–Trinajstić information content (AvgIpc) is 3.41. The van der Waals surface area contributed by atoms with E-state index in [-0.39, 0.29) is 17.0 Å². The predicted molar refractivity (Wildman–Crippen MR) is 168 cm³/mol. The molecule has 0 aromatic carbocycles. The highest BCUT2D eigenvalue weighted by Gasteiger charge is 2.10. The Morgan fingerprint density at radius 2 is 0.778 bits per heavy atom. The molecule has 0 radical (unpaired) electrons. The number of aromatic nitrogens is 2. The first-order valence-electron chi connectivity index (χ1n) is 16.4.